The minimum Gasteiger partial charge on any atom is -0.383 e. The minimum absolute atomic E-state index is 0.219. The van der Waals surface area contributed by atoms with Gasteiger partial charge in [-0.25, -0.2) is 0 Å². The van der Waals surface area contributed by atoms with Crippen molar-refractivity contribution in [1.29, 1.82) is 0 Å². The number of nitrogens with zero attached hydrogens (tertiary/aromatic N) is 1. The summed E-state index contributed by atoms with van der Waals surface area (Å²) in [7, 11) is 1.55. The second-order valence-corrected chi connectivity index (χ2v) is 5.53. The highest BCUT2D eigenvalue weighted by Crippen LogP contribution is 2.31. The number of hydrogen-bond acceptors (Lipinski definition) is 3. The van der Waals surface area contributed by atoms with Crippen molar-refractivity contribution in [2.75, 3.05) is 31.7 Å². The van der Waals surface area contributed by atoms with Crippen LogP contribution in [-0.4, -0.2) is 38.6 Å². The molecule has 0 spiro atoms. The first kappa shape index (κ1) is 16.1. The van der Waals surface area contributed by atoms with E-state index >= 15 is 0 Å². The molecule has 0 bridgehead atoms. The van der Waals surface area contributed by atoms with Crippen LogP contribution in [0.2, 0.25) is 10.0 Å². The maximum atomic E-state index is 12.3. The molecule has 114 valence electrons. The molecule has 1 aromatic carbocycles. The summed E-state index contributed by atoms with van der Waals surface area (Å²) < 4.78 is 4.86. The molecule has 21 heavy (non-hydrogen) atoms. The van der Waals surface area contributed by atoms with Gasteiger partial charge in [0.05, 0.1) is 16.7 Å². The Morgan fingerprint density at radius 1 is 1.43 bits per heavy atom. The molecule has 2 amide bonds. The molecule has 0 aliphatic carbocycles. The van der Waals surface area contributed by atoms with E-state index in [0.29, 0.717) is 41.8 Å². The smallest absolute Gasteiger partial charge is 0.239 e. The van der Waals surface area contributed by atoms with Gasteiger partial charge in [0.15, 0.2) is 0 Å². The first-order chi connectivity index (χ1) is 10.0. The largest absolute Gasteiger partial charge is 0.383 e. The fourth-order valence-electron chi connectivity index (χ4n) is 2.23. The lowest BCUT2D eigenvalue weighted by molar-refractivity contribution is -0.132. The number of carbonyl (C=O) groups is 2. The number of anilines is 1. The van der Waals surface area contributed by atoms with Crippen LogP contribution >= 0.6 is 23.2 Å². The fourth-order valence-corrected chi connectivity index (χ4v) is 2.52. The summed E-state index contributed by atoms with van der Waals surface area (Å²) in [6, 6.07) is 4.99. The van der Waals surface area contributed by atoms with Crippen molar-refractivity contribution in [2.24, 2.45) is 5.92 Å². The topological polar surface area (TPSA) is 58.6 Å². The molecular formula is C14H16Cl2N2O3. The second-order valence-electron chi connectivity index (χ2n) is 4.71. The Kier molecular flexibility index (Phi) is 5.45. The first-order valence-electron chi connectivity index (χ1n) is 6.57. The molecule has 1 fully saturated rings. The lowest BCUT2D eigenvalue weighted by Crippen LogP contribution is -2.38. The summed E-state index contributed by atoms with van der Waals surface area (Å²) >= 11 is 11.8. The van der Waals surface area contributed by atoms with Crippen molar-refractivity contribution in [2.45, 2.75) is 6.42 Å². The van der Waals surface area contributed by atoms with E-state index in [0.717, 1.165) is 0 Å². The standard InChI is InChI=1S/C14H16Cl2N2O3/c1-21-7-5-17-13(19)10-4-6-18(14(10)20)9-2-3-11(15)12(16)8-9/h2-3,8,10H,4-7H2,1H3,(H,17,19)/t10-/m0/s1. The third-order valence-corrected chi connectivity index (χ3v) is 4.08. The monoisotopic (exact) mass is 330 g/mol. The summed E-state index contributed by atoms with van der Waals surface area (Å²) in [4.78, 5) is 25.9. The van der Waals surface area contributed by atoms with E-state index in [2.05, 4.69) is 5.32 Å². The average molecular weight is 331 g/mol. The predicted octanol–water partition coefficient (Wildman–Crippen LogP) is 2.11. The van der Waals surface area contributed by atoms with E-state index in [1.807, 2.05) is 0 Å². The third kappa shape index (κ3) is 3.67. The van der Waals surface area contributed by atoms with Gasteiger partial charge in [0.2, 0.25) is 11.8 Å². The number of carbonyl (C=O) groups excluding carboxylic acids is 2. The zero-order valence-corrected chi connectivity index (χ0v) is 13.1. The van der Waals surface area contributed by atoms with Crippen molar-refractivity contribution >= 4 is 40.7 Å². The number of rotatable bonds is 5. The van der Waals surface area contributed by atoms with E-state index in [1.54, 1.807) is 30.2 Å². The second kappa shape index (κ2) is 7.11. The van der Waals surface area contributed by atoms with Crippen molar-refractivity contribution < 1.29 is 14.3 Å². The molecular weight excluding hydrogens is 315 g/mol. The normalized spacial score (nSPS) is 18.1. The first-order valence-corrected chi connectivity index (χ1v) is 7.33. The van der Waals surface area contributed by atoms with Crippen LogP contribution in [0.15, 0.2) is 18.2 Å². The molecule has 1 aliphatic heterocycles. The number of ether oxygens (including phenoxy) is 1. The molecule has 0 unspecified atom stereocenters. The summed E-state index contributed by atoms with van der Waals surface area (Å²) in [6.07, 6.45) is 0.484. The van der Waals surface area contributed by atoms with Gasteiger partial charge in [0.25, 0.3) is 0 Å². The Labute approximate surface area is 133 Å². The van der Waals surface area contributed by atoms with Crippen LogP contribution in [0, 0.1) is 5.92 Å². The predicted molar refractivity (Wildman–Crippen MR) is 81.8 cm³/mol. The van der Waals surface area contributed by atoms with Crippen LogP contribution in [0.1, 0.15) is 6.42 Å². The van der Waals surface area contributed by atoms with Gasteiger partial charge in [-0.2, -0.15) is 0 Å². The molecule has 1 aliphatic rings. The quantitative estimate of drug-likeness (QED) is 0.664. The number of nitrogens with one attached hydrogen (secondary N) is 1. The van der Waals surface area contributed by atoms with E-state index in [4.69, 9.17) is 27.9 Å². The van der Waals surface area contributed by atoms with Gasteiger partial charge in [-0.1, -0.05) is 23.2 Å². The molecule has 7 heteroatoms. The summed E-state index contributed by atoms with van der Waals surface area (Å²) in [5.41, 5.74) is 0.654. The van der Waals surface area contributed by atoms with Crippen molar-refractivity contribution in [3.05, 3.63) is 28.2 Å². The third-order valence-electron chi connectivity index (χ3n) is 3.34. The van der Waals surface area contributed by atoms with Gasteiger partial charge in [-0.15, -0.1) is 0 Å². The SMILES string of the molecule is COCCNC(=O)[C@@H]1CCN(c2ccc(Cl)c(Cl)c2)C1=O. The van der Waals surface area contributed by atoms with E-state index < -0.39 is 5.92 Å². The summed E-state index contributed by atoms with van der Waals surface area (Å²) in [5.74, 6) is -1.14. The van der Waals surface area contributed by atoms with Gasteiger partial charge in [-0.3, -0.25) is 9.59 Å². The Balaban J connectivity index is 2.03. The lowest BCUT2D eigenvalue weighted by Gasteiger charge is -2.17. The minimum atomic E-state index is -0.656. The van der Waals surface area contributed by atoms with Crippen LogP contribution < -0.4 is 10.2 Å². The highest BCUT2D eigenvalue weighted by atomic mass is 35.5. The number of benzene rings is 1. The van der Waals surface area contributed by atoms with E-state index in [-0.39, 0.29) is 11.8 Å². The van der Waals surface area contributed by atoms with Gasteiger partial charge in [0, 0.05) is 25.9 Å². The average Bonchev–Trinajstić information content (AvgIpc) is 2.84. The molecule has 0 radical (unpaired) electrons. The Morgan fingerprint density at radius 3 is 2.86 bits per heavy atom. The maximum Gasteiger partial charge on any atom is 0.239 e. The lowest BCUT2D eigenvalue weighted by atomic mass is 10.1. The summed E-state index contributed by atoms with van der Waals surface area (Å²) in [6.45, 7) is 1.30. The van der Waals surface area contributed by atoms with Gasteiger partial charge >= 0.3 is 0 Å². The van der Waals surface area contributed by atoms with Gasteiger partial charge in [-0.05, 0) is 24.6 Å². The molecule has 1 N–H and O–H groups in total. The van der Waals surface area contributed by atoms with Crippen LogP contribution in [0.5, 0.6) is 0 Å². The molecule has 0 saturated carbocycles. The van der Waals surface area contributed by atoms with Crippen molar-refractivity contribution in [3.63, 3.8) is 0 Å². The highest BCUT2D eigenvalue weighted by molar-refractivity contribution is 6.42. The Bertz CT molecular complexity index is 551. The molecule has 1 saturated heterocycles. The van der Waals surface area contributed by atoms with Crippen molar-refractivity contribution in [3.8, 4) is 0 Å². The van der Waals surface area contributed by atoms with Gasteiger partial charge in [0.1, 0.15) is 5.92 Å². The number of hydrogen-bond donors (Lipinski definition) is 1. The number of methoxy groups -OCH3 is 1. The van der Waals surface area contributed by atoms with E-state index in [9.17, 15) is 9.59 Å². The van der Waals surface area contributed by atoms with Crippen LogP contribution in [0.25, 0.3) is 0 Å². The highest BCUT2D eigenvalue weighted by Gasteiger charge is 2.37. The van der Waals surface area contributed by atoms with Gasteiger partial charge < -0.3 is 15.0 Å². The van der Waals surface area contributed by atoms with Crippen LogP contribution in [0.3, 0.4) is 0 Å². The Morgan fingerprint density at radius 2 is 2.19 bits per heavy atom. The maximum absolute atomic E-state index is 12.3. The van der Waals surface area contributed by atoms with Crippen LogP contribution in [0.4, 0.5) is 5.69 Å². The molecule has 1 heterocycles. The zero-order valence-electron chi connectivity index (χ0n) is 11.6. The summed E-state index contributed by atoms with van der Waals surface area (Å²) in [5, 5.41) is 3.51. The zero-order chi connectivity index (χ0) is 15.4. The number of halogens is 2. The molecule has 1 aromatic rings. The molecule has 0 aromatic heterocycles. The fraction of sp³-hybridized carbons (Fsp3) is 0.429. The molecule has 5 nitrogen and oxygen atoms in total. The van der Waals surface area contributed by atoms with Crippen LogP contribution in [-0.2, 0) is 14.3 Å². The molecule has 1 atom stereocenters. The number of amides is 2. The Hall–Kier alpha value is -1.30. The molecule has 2 rings (SSSR count). The van der Waals surface area contributed by atoms with Crippen molar-refractivity contribution in [1.82, 2.24) is 5.32 Å². The van der Waals surface area contributed by atoms with E-state index in [1.165, 1.54) is 0 Å².